The summed E-state index contributed by atoms with van der Waals surface area (Å²) in [4.78, 5) is 23.8. The van der Waals surface area contributed by atoms with Gasteiger partial charge >= 0.3 is 0 Å². The molecule has 0 atom stereocenters. The molecule has 2 N–H and O–H groups in total. The maximum atomic E-state index is 12.4. The Morgan fingerprint density at radius 1 is 1.08 bits per heavy atom. The fourth-order valence-electron chi connectivity index (χ4n) is 2.55. The molecular formula is C18H24N4O2. The van der Waals surface area contributed by atoms with E-state index in [0.717, 1.165) is 11.3 Å². The van der Waals surface area contributed by atoms with Gasteiger partial charge in [-0.15, -0.1) is 0 Å². The molecule has 1 heterocycles. The summed E-state index contributed by atoms with van der Waals surface area (Å²) in [5, 5.41) is 9.76. The summed E-state index contributed by atoms with van der Waals surface area (Å²) in [7, 11) is 0. The third-order valence-electron chi connectivity index (χ3n) is 3.84. The number of aromatic nitrogens is 2. The summed E-state index contributed by atoms with van der Waals surface area (Å²) in [6.07, 6.45) is 0. The van der Waals surface area contributed by atoms with E-state index in [1.807, 2.05) is 25.5 Å². The van der Waals surface area contributed by atoms with Crippen molar-refractivity contribution in [1.29, 1.82) is 0 Å². The van der Waals surface area contributed by atoms with Gasteiger partial charge in [-0.2, -0.15) is 5.10 Å². The van der Waals surface area contributed by atoms with E-state index in [4.69, 9.17) is 0 Å². The summed E-state index contributed by atoms with van der Waals surface area (Å²) < 4.78 is 1.82. The number of hydrogen-bond donors (Lipinski definition) is 2. The van der Waals surface area contributed by atoms with Gasteiger partial charge in [0, 0.05) is 12.2 Å². The van der Waals surface area contributed by atoms with Crippen LogP contribution in [0.15, 0.2) is 24.3 Å². The lowest BCUT2D eigenvalue weighted by molar-refractivity contribution is -0.120. The number of nitrogens with zero attached hydrogens (tertiary/aromatic N) is 2. The van der Waals surface area contributed by atoms with Gasteiger partial charge in [-0.25, -0.2) is 0 Å². The molecule has 0 fully saturated rings. The highest BCUT2D eigenvalue weighted by molar-refractivity contribution is 5.98. The van der Waals surface area contributed by atoms with Crippen LogP contribution in [0.4, 0.5) is 0 Å². The van der Waals surface area contributed by atoms with Crippen LogP contribution in [-0.2, 0) is 11.3 Å². The highest BCUT2D eigenvalue weighted by Crippen LogP contribution is 2.15. The van der Waals surface area contributed by atoms with Crippen LogP contribution in [-0.4, -0.2) is 34.7 Å². The summed E-state index contributed by atoms with van der Waals surface area (Å²) in [6.45, 7) is 8.68. The second-order valence-corrected chi connectivity index (χ2v) is 5.83. The molecule has 1 aromatic heterocycles. The molecule has 2 aromatic rings. The molecule has 0 saturated heterocycles. The summed E-state index contributed by atoms with van der Waals surface area (Å²) >= 11 is 0. The molecule has 0 aliphatic rings. The van der Waals surface area contributed by atoms with Crippen molar-refractivity contribution in [3.05, 3.63) is 52.3 Å². The number of likely N-dealkylation sites (N-methyl/N-ethyl adjacent to an activating group) is 1. The smallest absolute Gasteiger partial charge is 0.255 e. The highest BCUT2D eigenvalue weighted by atomic mass is 16.2. The summed E-state index contributed by atoms with van der Waals surface area (Å²) in [5.74, 6) is -0.473. The Balaban J connectivity index is 2.11. The van der Waals surface area contributed by atoms with Crippen LogP contribution in [0.3, 0.4) is 0 Å². The molecule has 2 rings (SSSR count). The van der Waals surface area contributed by atoms with Crippen molar-refractivity contribution < 1.29 is 9.59 Å². The zero-order valence-electron chi connectivity index (χ0n) is 14.6. The van der Waals surface area contributed by atoms with Gasteiger partial charge in [0.15, 0.2) is 0 Å². The molecule has 6 heteroatoms. The standard InChI is InChI=1S/C18H24N4O2/c1-5-19-16(23)10-20-18(24)17-13(3)21-22(14(17)4)11-15-8-6-12(2)7-9-15/h6-9H,5,10-11H2,1-4H3,(H,19,23)(H,20,24). The average molecular weight is 328 g/mol. The molecule has 0 radical (unpaired) electrons. The average Bonchev–Trinajstić information content (AvgIpc) is 2.82. The third kappa shape index (κ3) is 4.22. The van der Waals surface area contributed by atoms with Crippen LogP contribution >= 0.6 is 0 Å². The lowest BCUT2D eigenvalue weighted by Gasteiger charge is -2.07. The van der Waals surface area contributed by atoms with Crippen molar-refractivity contribution in [3.63, 3.8) is 0 Å². The number of aryl methyl sites for hydroxylation is 2. The zero-order valence-corrected chi connectivity index (χ0v) is 14.6. The van der Waals surface area contributed by atoms with Crippen LogP contribution in [0, 0.1) is 20.8 Å². The molecule has 0 saturated carbocycles. The van der Waals surface area contributed by atoms with E-state index in [-0.39, 0.29) is 18.4 Å². The SMILES string of the molecule is CCNC(=O)CNC(=O)c1c(C)nn(Cc2ccc(C)cc2)c1C. The lowest BCUT2D eigenvalue weighted by atomic mass is 10.1. The topological polar surface area (TPSA) is 76.0 Å². The largest absolute Gasteiger partial charge is 0.355 e. The van der Waals surface area contributed by atoms with Crippen LogP contribution in [0.25, 0.3) is 0 Å². The molecule has 0 aliphatic carbocycles. The molecule has 2 amide bonds. The van der Waals surface area contributed by atoms with E-state index in [1.165, 1.54) is 5.56 Å². The molecule has 1 aromatic carbocycles. The predicted molar refractivity (Wildman–Crippen MR) is 93.0 cm³/mol. The predicted octanol–water partition coefficient (Wildman–Crippen LogP) is 1.72. The van der Waals surface area contributed by atoms with Crippen molar-refractivity contribution in [1.82, 2.24) is 20.4 Å². The Morgan fingerprint density at radius 3 is 2.38 bits per heavy atom. The van der Waals surface area contributed by atoms with Gasteiger partial charge in [-0.05, 0) is 33.3 Å². The van der Waals surface area contributed by atoms with Crippen molar-refractivity contribution in [3.8, 4) is 0 Å². The highest BCUT2D eigenvalue weighted by Gasteiger charge is 2.19. The zero-order chi connectivity index (χ0) is 17.7. The summed E-state index contributed by atoms with van der Waals surface area (Å²) in [5.41, 5.74) is 4.32. The van der Waals surface area contributed by atoms with Gasteiger partial charge in [0.1, 0.15) is 0 Å². The van der Waals surface area contributed by atoms with E-state index >= 15 is 0 Å². The van der Waals surface area contributed by atoms with Crippen LogP contribution in [0.5, 0.6) is 0 Å². The van der Waals surface area contributed by atoms with Gasteiger partial charge in [-0.1, -0.05) is 29.8 Å². The van der Waals surface area contributed by atoms with Gasteiger partial charge in [0.2, 0.25) is 5.91 Å². The molecule has 128 valence electrons. The minimum Gasteiger partial charge on any atom is -0.355 e. The first kappa shape index (κ1) is 17.7. The van der Waals surface area contributed by atoms with Gasteiger partial charge in [-0.3, -0.25) is 14.3 Å². The van der Waals surface area contributed by atoms with Crippen LogP contribution in [0.2, 0.25) is 0 Å². The lowest BCUT2D eigenvalue weighted by Crippen LogP contribution is -2.37. The fraction of sp³-hybridized carbons (Fsp3) is 0.389. The van der Waals surface area contributed by atoms with Crippen molar-refractivity contribution in [2.75, 3.05) is 13.1 Å². The summed E-state index contributed by atoms with van der Waals surface area (Å²) in [6, 6.07) is 8.23. The van der Waals surface area contributed by atoms with Gasteiger partial charge in [0.25, 0.3) is 5.91 Å². The first-order chi connectivity index (χ1) is 11.4. The molecular weight excluding hydrogens is 304 g/mol. The molecule has 24 heavy (non-hydrogen) atoms. The number of carbonyl (C=O) groups excluding carboxylic acids is 2. The first-order valence-corrected chi connectivity index (χ1v) is 8.06. The molecule has 0 unspecified atom stereocenters. The van der Waals surface area contributed by atoms with E-state index in [0.29, 0.717) is 24.3 Å². The Kier molecular flexibility index (Phi) is 5.73. The molecule has 0 bridgehead atoms. The Bertz CT molecular complexity index is 732. The quantitative estimate of drug-likeness (QED) is 0.848. The molecule has 0 aliphatic heterocycles. The second-order valence-electron chi connectivity index (χ2n) is 5.83. The van der Waals surface area contributed by atoms with E-state index < -0.39 is 0 Å². The second kappa shape index (κ2) is 7.77. The number of nitrogens with one attached hydrogen (secondary N) is 2. The van der Waals surface area contributed by atoms with Crippen LogP contribution < -0.4 is 10.6 Å². The van der Waals surface area contributed by atoms with Crippen LogP contribution in [0.1, 0.15) is 39.8 Å². The monoisotopic (exact) mass is 328 g/mol. The number of carbonyl (C=O) groups is 2. The minimum absolute atomic E-state index is 0.0330. The molecule has 0 spiro atoms. The van der Waals surface area contributed by atoms with E-state index in [9.17, 15) is 9.59 Å². The maximum Gasteiger partial charge on any atom is 0.255 e. The van der Waals surface area contributed by atoms with E-state index in [2.05, 4.69) is 40.0 Å². The van der Waals surface area contributed by atoms with Gasteiger partial charge in [0.05, 0.1) is 24.3 Å². The molecule has 6 nitrogen and oxygen atoms in total. The van der Waals surface area contributed by atoms with Gasteiger partial charge < -0.3 is 10.6 Å². The van der Waals surface area contributed by atoms with E-state index in [1.54, 1.807) is 6.92 Å². The Labute approximate surface area is 142 Å². The fourth-order valence-corrected chi connectivity index (χ4v) is 2.55. The third-order valence-corrected chi connectivity index (χ3v) is 3.84. The number of benzene rings is 1. The van der Waals surface area contributed by atoms with Crippen molar-refractivity contribution >= 4 is 11.8 Å². The number of hydrogen-bond acceptors (Lipinski definition) is 3. The Hall–Kier alpha value is -2.63. The van der Waals surface area contributed by atoms with Crippen molar-refractivity contribution in [2.45, 2.75) is 34.2 Å². The Morgan fingerprint density at radius 2 is 1.75 bits per heavy atom. The number of amides is 2. The maximum absolute atomic E-state index is 12.4. The number of rotatable bonds is 6. The minimum atomic E-state index is -0.272. The normalized spacial score (nSPS) is 10.5. The van der Waals surface area contributed by atoms with Crippen molar-refractivity contribution in [2.24, 2.45) is 0 Å². The first-order valence-electron chi connectivity index (χ1n) is 8.06.